The van der Waals surface area contributed by atoms with Gasteiger partial charge < -0.3 is 5.11 Å². The zero-order valence-corrected chi connectivity index (χ0v) is 11.1. The molecular weight excluding hydrogens is 270 g/mol. The number of carboxylic acids is 1. The summed E-state index contributed by atoms with van der Waals surface area (Å²) < 4.78 is 1.04. The molecule has 0 aliphatic heterocycles. The standard InChI is InChI=1S/C12H16BrNO2/c1-3-14(8-12(15)16)7-10-5-4-9(2)6-11(10)13/h4-6H,3,7-8H2,1-2H3,(H,15,16). The first kappa shape index (κ1) is 13.2. The van der Waals surface area contributed by atoms with E-state index in [2.05, 4.69) is 15.9 Å². The minimum Gasteiger partial charge on any atom is -0.480 e. The molecule has 0 heterocycles. The molecule has 0 spiro atoms. The highest BCUT2D eigenvalue weighted by Gasteiger charge is 2.09. The van der Waals surface area contributed by atoms with Crippen LogP contribution < -0.4 is 0 Å². The van der Waals surface area contributed by atoms with Crippen molar-refractivity contribution in [3.8, 4) is 0 Å². The third-order valence-electron chi connectivity index (χ3n) is 2.41. The van der Waals surface area contributed by atoms with Crippen LogP contribution in [0.2, 0.25) is 0 Å². The molecule has 0 bridgehead atoms. The van der Waals surface area contributed by atoms with Crippen LogP contribution in [0.15, 0.2) is 22.7 Å². The maximum atomic E-state index is 10.6. The van der Waals surface area contributed by atoms with E-state index in [0.717, 1.165) is 16.6 Å². The van der Waals surface area contributed by atoms with E-state index in [1.165, 1.54) is 5.56 Å². The topological polar surface area (TPSA) is 40.5 Å². The number of halogens is 1. The van der Waals surface area contributed by atoms with Gasteiger partial charge in [-0.15, -0.1) is 0 Å². The van der Waals surface area contributed by atoms with Crippen molar-refractivity contribution in [1.82, 2.24) is 4.90 Å². The van der Waals surface area contributed by atoms with E-state index in [-0.39, 0.29) is 6.54 Å². The van der Waals surface area contributed by atoms with Gasteiger partial charge in [-0.25, -0.2) is 0 Å². The molecule has 0 saturated heterocycles. The summed E-state index contributed by atoms with van der Waals surface area (Å²) in [7, 11) is 0. The van der Waals surface area contributed by atoms with E-state index in [9.17, 15) is 4.79 Å². The van der Waals surface area contributed by atoms with Crippen molar-refractivity contribution >= 4 is 21.9 Å². The molecule has 0 aliphatic rings. The number of nitrogens with zero attached hydrogens (tertiary/aromatic N) is 1. The quantitative estimate of drug-likeness (QED) is 0.904. The molecule has 0 aromatic heterocycles. The summed E-state index contributed by atoms with van der Waals surface area (Å²) in [6.45, 7) is 5.46. The number of benzene rings is 1. The first-order valence-electron chi connectivity index (χ1n) is 5.22. The summed E-state index contributed by atoms with van der Waals surface area (Å²) in [5.41, 5.74) is 2.31. The van der Waals surface area contributed by atoms with Crippen LogP contribution in [0.3, 0.4) is 0 Å². The summed E-state index contributed by atoms with van der Waals surface area (Å²) in [6.07, 6.45) is 0. The first-order chi connectivity index (χ1) is 7.52. The smallest absolute Gasteiger partial charge is 0.317 e. The molecule has 0 amide bonds. The van der Waals surface area contributed by atoms with Crippen LogP contribution >= 0.6 is 15.9 Å². The lowest BCUT2D eigenvalue weighted by molar-refractivity contribution is -0.138. The Morgan fingerprint density at radius 2 is 2.19 bits per heavy atom. The van der Waals surface area contributed by atoms with Crippen molar-refractivity contribution < 1.29 is 9.90 Å². The molecule has 1 aromatic carbocycles. The van der Waals surface area contributed by atoms with E-state index in [4.69, 9.17) is 5.11 Å². The largest absolute Gasteiger partial charge is 0.480 e. The fourth-order valence-corrected chi connectivity index (χ4v) is 2.11. The van der Waals surface area contributed by atoms with Crippen molar-refractivity contribution in [2.45, 2.75) is 20.4 Å². The van der Waals surface area contributed by atoms with Crippen LogP contribution in [0.4, 0.5) is 0 Å². The average Bonchev–Trinajstić information content (AvgIpc) is 2.20. The molecule has 4 heteroatoms. The number of aliphatic carboxylic acids is 1. The van der Waals surface area contributed by atoms with E-state index < -0.39 is 5.97 Å². The maximum Gasteiger partial charge on any atom is 0.317 e. The van der Waals surface area contributed by atoms with Gasteiger partial charge in [0, 0.05) is 11.0 Å². The molecule has 0 radical (unpaired) electrons. The zero-order valence-electron chi connectivity index (χ0n) is 9.53. The van der Waals surface area contributed by atoms with Gasteiger partial charge in [0.05, 0.1) is 6.54 Å². The Kier molecular flexibility index (Phi) is 4.96. The highest BCUT2D eigenvalue weighted by Crippen LogP contribution is 2.19. The molecule has 0 unspecified atom stereocenters. The van der Waals surface area contributed by atoms with Crippen LogP contribution in [0.1, 0.15) is 18.1 Å². The third-order valence-corrected chi connectivity index (χ3v) is 3.15. The first-order valence-corrected chi connectivity index (χ1v) is 6.01. The van der Waals surface area contributed by atoms with E-state index in [1.54, 1.807) is 0 Å². The molecular formula is C12H16BrNO2. The number of carbonyl (C=O) groups is 1. The molecule has 1 rings (SSSR count). The minimum atomic E-state index is -0.787. The summed E-state index contributed by atoms with van der Waals surface area (Å²) in [5.74, 6) is -0.787. The summed E-state index contributed by atoms with van der Waals surface area (Å²) in [5, 5.41) is 8.75. The summed E-state index contributed by atoms with van der Waals surface area (Å²) in [4.78, 5) is 12.5. The van der Waals surface area contributed by atoms with Crippen molar-refractivity contribution in [3.63, 3.8) is 0 Å². The number of hydrogen-bond donors (Lipinski definition) is 1. The second kappa shape index (κ2) is 6.01. The summed E-state index contributed by atoms with van der Waals surface area (Å²) in [6, 6.07) is 6.11. The predicted octanol–water partition coefficient (Wildman–Crippen LogP) is 2.66. The normalized spacial score (nSPS) is 10.8. The SMILES string of the molecule is CCN(CC(=O)O)Cc1ccc(C)cc1Br. The Labute approximate surface area is 104 Å². The van der Waals surface area contributed by atoms with Crippen molar-refractivity contribution in [1.29, 1.82) is 0 Å². The average molecular weight is 286 g/mol. The van der Waals surface area contributed by atoms with Crippen LogP contribution in [0, 0.1) is 6.92 Å². The Balaban J connectivity index is 2.73. The third kappa shape index (κ3) is 3.94. The maximum absolute atomic E-state index is 10.6. The number of aryl methyl sites for hydroxylation is 1. The molecule has 0 aliphatic carbocycles. The highest BCUT2D eigenvalue weighted by molar-refractivity contribution is 9.10. The Morgan fingerprint density at radius 1 is 1.50 bits per heavy atom. The van der Waals surface area contributed by atoms with Gasteiger partial charge in [-0.3, -0.25) is 9.69 Å². The van der Waals surface area contributed by atoms with Crippen LogP contribution in [-0.4, -0.2) is 29.1 Å². The molecule has 0 saturated carbocycles. The van der Waals surface area contributed by atoms with Gasteiger partial charge in [-0.1, -0.05) is 35.0 Å². The number of likely N-dealkylation sites (N-methyl/N-ethyl adjacent to an activating group) is 1. The molecule has 3 nitrogen and oxygen atoms in total. The molecule has 0 fully saturated rings. The van der Waals surface area contributed by atoms with Gasteiger partial charge >= 0.3 is 5.97 Å². The molecule has 1 N–H and O–H groups in total. The highest BCUT2D eigenvalue weighted by atomic mass is 79.9. The lowest BCUT2D eigenvalue weighted by atomic mass is 10.1. The van der Waals surface area contributed by atoms with Crippen LogP contribution in [0.25, 0.3) is 0 Å². The van der Waals surface area contributed by atoms with E-state index >= 15 is 0 Å². The van der Waals surface area contributed by atoms with Crippen LogP contribution in [0.5, 0.6) is 0 Å². The van der Waals surface area contributed by atoms with Gasteiger partial charge in [0.1, 0.15) is 0 Å². The number of carboxylic acid groups (broad SMARTS) is 1. The molecule has 0 atom stereocenters. The van der Waals surface area contributed by atoms with Gasteiger partial charge in [0.2, 0.25) is 0 Å². The van der Waals surface area contributed by atoms with Crippen molar-refractivity contribution in [3.05, 3.63) is 33.8 Å². The van der Waals surface area contributed by atoms with E-state index in [1.807, 2.05) is 36.9 Å². The zero-order chi connectivity index (χ0) is 12.1. The number of rotatable bonds is 5. The van der Waals surface area contributed by atoms with Gasteiger partial charge in [0.15, 0.2) is 0 Å². The molecule has 1 aromatic rings. The summed E-state index contributed by atoms with van der Waals surface area (Å²) >= 11 is 3.50. The second-order valence-electron chi connectivity index (χ2n) is 3.79. The van der Waals surface area contributed by atoms with Gasteiger partial charge in [-0.2, -0.15) is 0 Å². The minimum absolute atomic E-state index is 0.0802. The predicted molar refractivity (Wildman–Crippen MR) is 67.5 cm³/mol. The molecule has 88 valence electrons. The van der Waals surface area contributed by atoms with Crippen LogP contribution in [-0.2, 0) is 11.3 Å². The lowest BCUT2D eigenvalue weighted by Crippen LogP contribution is -2.29. The Hall–Kier alpha value is -0.870. The van der Waals surface area contributed by atoms with Gasteiger partial charge in [0.25, 0.3) is 0 Å². The van der Waals surface area contributed by atoms with E-state index in [0.29, 0.717) is 6.54 Å². The second-order valence-corrected chi connectivity index (χ2v) is 4.65. The Bertz CT molecular complexity index is 379. The Morgan fingerprint density at radius 3 is 2.69 bits per heavy atom. The monoisotopic (exact) mass is 285 g/mol. The lowest BCUT2D eigenvalue weighted by Gasteiger charge is -2.18. The number of hydrogen-bond acceptors (Lipinski definition) is 2. The fourth-order valence-electron chi connectivity index (χ4n) is 1.49. The van der Waals surface area contributed by atoms with Gasteiger partial charge in [-0.05, 0) is 30.7 Å². The van der Waals surface area contributed by atoms with Crippen molar-refractivity contribution in [2.24, 2.45) is 0 Å². The van der Waals surface area contributed by atoms with Crippen molar-refractivity contribution in [2.75, 3.05) is 13.1 Å². The molecule has 16 heavy (non-hydrogen) atoms. The fraction of sp³-hybridized carbons (Fsp3) is 0.417.